The fourth-order valence-electron chi connectivity index (χ4n) is 2.06. The third-order valence-electron chi connectivity index (χ3n) is 3.05. The molecule has 2 aromatic carbocycles. The van der Waals surface area contributed by atoms with Crippen LogP contribution in [0, 0.1) is 0 Å². The van der Waals surface area contributed by atoms with Crippen molar-refractivity contribution in [3.05, 3.63) is 40.9 Å². The molecule has 2 aromatic rings. The molecular formula is C16H19BrN2O. The van der Waals surface area contributed by atoms with E-state index in [1.165, 1.54) is 0 Å². The van der Waals surface area contributed by atoms with E-state index < -0.39 is 0 Å². The molecule has 106 valence electrons. The Kier molecular flexibility index (Phi) is 5.15. The van der Waals surface area contributed by atoms with Crippen LogP contribution in [0.25, 0.3) is 10.8 Å². The zero-order valence-corrected chi connectivity index (χ0v) is 13.3. The molecule has 20 heavy (non-hydrogen) atoms. The van der Waals surface area contributed by atoms with Gasteiger partial charge in [0, 0.05) is 34.6 Å². The van der Waals surface area contributed by atoms with Crippen molar-refractivity contribution >= 4 is 38.3 Å². The summed E-state index contributed by atoms with van der Waals surface area (Å²) in [6.07, 6.45) is 0.475. The van der Waals surface area contributed by atoms with Crippen LogP contribution in [-0.2, 0) is 4.79 Å². The molecule has 0 heterocycles. The molecule has 0 aromatic heterocycles. The number of carbonyl (C=O) groups is 1. The Hall–Kier alpha value is -1.39. The van der Waals surface area contributed by atoms with Gasteiger partial charge in [-0.25, -0.2) is 0 Å². The van der Waals surface area contributed by atoms with Crippen LogP contribution in [0.1, 0.15) is 20.3 Å². The molecule has 0 saturated carbocycles. The fourth-order valence-corrected chi connectivity index (χ4v) is 2.54. The van der Waals surface area contributed by atoms with Crippen molar-refractivity contribution in [3.63, 3.8) is 0 Å². The van der Waals surface area contributed by atoms with Gasteiger partial charge in [0.2, 0.25) is 5.91 Å². The maximum Gasteiger partial charge on any atom is 0.225 e. The zero-order valence-electron chi connectivity index (χ0n) is 11.7. The van der Waals surface area contributed by atoms with Crippen molar-refractivity contribution in [2.45, 2.75) is 26.3 Å². The SMILES string of the molecule is CC(C)NCCC(=O)Nc1ccc(Br)c2ccccc12. The summed E-state index contributed by atoms with van der Waals surface area (Å²) in [6, 6.07) is 12.3. The normalized spacial score (nSPS) is 11.0. The average molecular weight is 335 g/mol. The third kappa shape index (κ3) is 3.81. The molecule has 0 radical (unpaired) electrons. The lowest BCUT2D eigenvalue weighted by atomic mass is 10.1. The molecule has 0 fully saturated rings. The highest BCUT2D eigenvalue weighted by atomic mass is 79.9. The lowest BCUT2D eigenvalue weighted by Crippen LogP contribution is -2.27. The number of amides is 1. The van der Waals surface area contributed by atoms with E-state index in [2.05, 4.69) is 40.4 Å². The molecule has 0 bridgehead atoms. The van der Waals surface area contributed by atoms with Crippen LogP contribution in [0.15, 0.2) is 40.9 Å². The second-order valence-electron chi connectivity index (χ2n) is 5.05. The lowest BCUT2D eigenvalue weighted by Gasteiger charge is -2.11. The number of benzene rings is 2. The van der Waals surface area contributed by atoms with Crippen LogP contribution in [0.4, 0.5) is 5.69 Å². The highest BCUT2D eigenvalue weighted by molar-refractivity contribution is 9.10. The van der Waals surface area contributed by atoms with Crippen molar-refractivity contribution in [1.82, 2.24) is 5.32 Å². The van der Waals surface area contributed by atoms with Gasteiger partial charge in [0.1, 0.15) is 0 Å². The molecule has 4 heteroatoms. The summed E-state index contributed by atoms with van der Waals surface area (Å²) in [5, 5.41) is 8.38. The van der Waals surface area contributed by atoms with E-state index in [1.54, 1.807) is 0 Å². The highest BCUT2D eigenvalue weighted by Gasteiger charge is 2.07. The van der Waals surface area contributed by atoms with Crippen LogP contribution in [0.2, 0.25) is 0 Å². The summed E-state index contributed by atoms with van der Waals surface area (Å²) in [6.45, 7) is 4.83. The van der Waals surface area contributed by atoms with Gasteiger partial charge in [-0.3, -0.25) is 4.79 Å². The molecule has 2 N–H and O–H groups in total. The smallest absolute Gasteiger partial charge is 0.225 e. The number of anilines is 1. The Morgan fingerprint density at radius 2 is 1.85 bits per heavy atom. The molecule has 0 unspecified atom stereocenters. The van der Waals surface area contributed by atoms with Crippen LogP contribution in [0.5, 0.6) is 0 Å². The molecule has 1 amide bonds. The van der Waals surface area contributed by atoms with Crippen molar-refractivity contribution < 1.29 is 4.79 Å². The second kappa shape index (κ2) is 6.86. The van der Waals surface area contributed by atoms with Gasteiger partial charge in [0.25, 0.3) is 0 Å². The first-order chi connectivity index (χ1) is 9.58. The summed E-state index contributed by atoms with van der Waals surface area (Å²) in [4.78, 5) is 12.0. The third-order valence-corrected chi connectivity index (χ3v) is 3.74. The Balaban J connectivity index is 2.10. The van der Waals surface area contributed by atoms with Crippen molar-refractivity contribution in [2.75, 3.05) is 11.9 Å². The highest BCUT2D eigenvalue weighted by Crippen LogP contribution is 2.29. The number of hydrogen-bond donors (Lipinski definition) is 2. The molecule has 0 aliphatic heterocycles. The lowest BCUT2D eigenvalue weighted by molar-refractivity contribution is -0.116. The minimum Gasteiger partial charge on any atom is -0.325 e. The quantitative estimate of drug-likeness (QED) is 0.869. The summed E-state index contributed by atoms with van der Waals surface area (Å²) in [5.41, 5.74) is 0.860. The van der Waals surface area contributed by atoms with Crippen LogP contribution >= 0.6 is 15.9 Å². The zero-order chi connectivity index (χ0) is 14.5. The van der Waals surface area contributed by atoms with Gasteiger partial charge in [-0.1, -0.05) is 54.0 Å². The predicted octanol–water partition coefficient (Wildman–Crippen LogP) is 3.93. The van der Waals surface area contributed by atoms with E-state index >= 15 is 0 Å². The summed E-state index contributed by atoms with van der Waals surface area (Å²) in [5.74, 6) is 0.0330. The number of fused-ring (bicyclic) bond motifs is 1. The van der Waals surface area contributed by atoms with Gasteiger partial charge in [-0.2, -0.15) is 0 Å². The van der Waals surface area contributed by atoms with E-state index in [1.807, 2.05) is 36.4 Å². The largest absolute Gasteiger partial charge is 0.325 e. The Labute approximate surface area is 127 Å². The second-order valence-corrected chi connectivity index (χ2v) is 5.90. The van der Waals surface area contributed by atoms with Crippen molar-refractivity contribution in [2.24, 2.45) is 0 Å². The van der Waals surface area contributed by atoms with Crippen molar-refractivity contribution in [1.29, 1.82) is 0 Å². The van der Waals surface area contributed by atoms with E-state index in [4.69, 9.17) is 0 Å². The van der Waals surface area contributed by atoms with Gasteiger partial charge in [0.15, 0.2) is 0 Å². The molecule has 3 nitrogen and oxygen atoms in total. The monoisotopic (exact) mass is 334 g/mol. The minimum absolute atomic E-state index is 0.0330. The Bertz CT molecular complexity index is 610. The first-order valence-corrected chi connectivity index (χ1v) is 7.57. The summed E-state index contributed by atoms with van der Waals surface area (Å²) >= 11 is 3.53. The first kappa shape index (κ1) is 15.0. The van der Waals surface area contributed by atoms with Crippen LogP contribution in [-0.4, -0.2) is 18.5 Å². The topological polar surface area (TPSA) is 41.1 Å². The Morgan fingerprint density at radius 3 is 2.55 bits per heavy atom. The molecule has 0 saturated heterocycles. The molecule has 0 aliphatic carbocycles. The predicted molar refractivity (Wildman–Crippen MR) is 88.0 cm³/mol. The standard InChI is InChI=1S/C16H19BrN2O/c1-11(2)18-10-9-16(20)19-15-8-7-14(17)12-5-3-4-6-13(12)15/h3-8,11,18H,9-10H2,1-2H3,(H,19,20). The van der Waals surface area contributed by atoms with Crippen LogP contribution in [0.3, 0.4) is 0 Å². The van der Waals surface area contributed by atoms with Crippen molar-refractivity contribution in [3.8, 4) is 0 Å². The minimum atomic E-state index is 0.0330. The maximum absolute atomic E-state index is 12.0. The van der Waals surface area contributed by atoms with E-state index in [9.17, 15) is 4.79 Å². The fraction of sp³-hybridized carbons (Fsp3) is 0.312. The maximum atomic E-state index is 12.0. The summed E-state index contributed by atoms with van der Waals surface area (Å²) in [7, 11) is 0. The van der Waals surface area contributed by atoms with E-state index in [0.717, 1.165) is 20.9 Å². The number of hydrogen-bond acceptors (Lipinski definition) is 2. The van der Waals surface area contributed by atoms with Gasteiger partial charge >= 0.3 is 0 Å². The average Bonchev–Trinajstić information content (AvgIpc) is 2.42. The summed E-state index contributed by atoms with van der Waals surface area (Å²) < 4.78 is 1.03. The Morgan fingerprint density at radius 1 is 1.15 bits per heavy atom. The van der Waals surface area contributed by atoms with E-state index in [-0.39, 0.29) is 5.91 Å². The van der Waals surface area contributed by atoms with Gasteiger partial charge in [-0.05, 0) is 17.5 Å². The van der Waals surface area contributed by atoms with Gasteiger partial charge in [-0.15, -0.1) is 0 Å². The molecule has 0 aliphatic rings. The number of carbonyl (C=O) groups excluding carboxylic acids is 1. The van der Waals surface area contributed by atoms with E-state index in [0.29, 0.717) is 19.0 Å². The molecule has 0 atom stereocenters. The molecule has 0 spiro atoms. The first-order valence-electron chi connectivity index (χ1n) is 6.78. The van der Waals surface area contributed by atoms with Crippen LogP contribution < -0.4 is 10.6 Å². The number of rotatable bonds is 5. The molecular weight excluding hydrogens is 316 g/mol. The van der Waals surface area contributed by atoms with Gasteiger partial charge < -0.3 is 10.6 Å². The number of nitrogens with one attached hydrogen (secondary N) is 2. The molecule has 2 rings (SSSR count). The van der Waals surface area contributed by atoms with Gasteiger partial charge in [0.05, 0.1) is 0 Å². The number of halogens is 1.